The number of carbonyl (C=O) groups is 1. The Hall–Kier alpha value is -3.16. The molecule has 2 aromatic heterocycles. The van der Waals surface area contributed by atoms with Gasteiger partial charge in [-0.15, -0.1) is 0 Å². The summed E-state index contributed by atoms with van der Waals surface area (Å²) in [6.45, 7) is 0.436. The van der Waals surface area contributed by atoms with Crippen molar-refractivity contribution in [3.05, 3.63) is 83.6 Å². The van der Waals surface area contributed by atoms with Gasteiger partial charge >= 0.3 is 0 Å². The van der Waals surface area contributed by atoms with E-state index in [0.717, 1.165) is 22.2 Å². The molecule has 4 rings (SSSR count). The molecule has 1 amide bonds. The van der Waals surface area contributed by atoms with Crippen LogP contribution in [0.15, 0.2) is 78.2 Å². The lowest BCUT2D eigenvalue weighted by molar-refractivity contribution is -0.118. The van der Waals surface area contributed by atoms with E-state index in [1.807, 2.05) is 60.7 Å². The summed E-state index contributed by atoms with van der Waals surface area (Å²) in [5, 5.41) is 8.16. The van der Waals surface area contributed by atoms with Gasteiger partial charge in [-0.25, -0.2) is 9.97 Å². The van der Waals surface area contributed by atoms with Crippen LogP contribution in [0.5, 0.6) is 0 Å². The molecule has 2 aromatic carbocycles. The van der Waals surface area contributed by atoms with Crippen LogP contribution in [0.2, 0.25) is 5.02 Å². The number of carbonyl (C=O) groups excluding carboxylic acids is 1. The van der Waals surface area contributed by atoms with Gasteiger partial charge in [-0.05, 0) is 35.9 Å². The number of thioether (sulfide) groups is 1. The van der Waals surface area contributed by atoms with Crippen LogP contribution < -0.4 is 10.6 Å². The van der Waals surface area contributed by atoms with E-state index in [1.54, 1.807) is 12.4 Å². The molecular formula is C22H18ClN5OS. The third kappa shape index (κ3) is 5.06. The Morgan fingerprint density at radius 1 is 1.00 bits per heavy atom. The van der Waals surface area contributed by atoms with Gasteiger partial charge in [0.25, 0.3) is 0 Å². The molecule has 2 heterocycles. The molecule has 0 aliphatic heterocycles. The van der Waals surface area contributed by atoms with Crippen molar-refractivity contribution in [3.63, 3.8) is 0 Å². The van der Waals surface area contributed by atoms with Crippen molar-refractivity contribution in [3.8, 4) is 0 Å². The zero-order chi connectivity index (χ0) is 20.8. The number of nitrogens with zero attached hydrogens (tertiary/aromatic N) is 3. The van der Waals surface area contributed by atoms with Gasteiger partial charge in [0, 0.05) is 24.3 Å². The van der Waals surface area contributed by atoms with E-state index in [-0.39, 0.29) is 11.7 Å². The summed E-state index contributed by atoms with van der Waals surface area (Å²) in [7, 11) is 0. The molecule has 0 aliphatic rings. The Kier molecular flexibility index (Phi) is 6.41. The Balaban J connectivity index is 1.49. The zero-order valence-corrected chi connectivity index (χ0v) is 17.5. The van der Waals surface area contributed by atoms with Crippen molar-refractivity contribution in [2.45, 2.75) is 11.7 Å². The Bertz CT molecular complexity index is 1170. The summed E-state index contributed by atoms with van der Waals surface area (Å²) in [6, 6.07) is 19.0. The van der Waals surface area contributed by atoms with Crippen LogP contribution in [0, 0.1) is 0 Å². The van der Waals surface area contributed by atoms with Crippen LogP contribution in [0.25, 0.3) is 10.9 Å². The number of benzene rings is 2. The van der Waals surface area contributed by atoms with E-state index in [9.17, 15) is 4.79 Å². The molecule has 0 saturated carbocycles. The van der Waals surface area contributed by atoms with Crippen LogP contribution in [-0.2, 0) is 11.3 Å². The first-order valence-corrected chi connectivity index (χ1v) is 10.6. The largest absolute Gasteiger partial charge is 0.351 e. The molecule has 0 unspecified atom stereocenters. The first-order chi connectivity index (χ1) is 14.7. The van der Waals surface area contributed by atoms with Crippen LogP contribution in [-0.4, -0.2) is 26.6 Å². The number of fused-ring (bicyclic) bond motifs is 1. The minimum absolute atomic E-state index is 0.0961. The molecule has 2 N–H and O–H groups in total. The van der Waals surface area contributed by atoms with Crippen LogP contribution >= 0.6 is 23.4 Å². The van der Waals surface area contributed by atoms with Crippen LogP contribution in [0.3, 0.4) is 0 Å². The lowest BCUT2D eigenvalue weighted by atomic mass is 10.2. The molecule has 8 heteroatoms. The van der Waals surface area contributed by atoms with E-state index in [1.165, 1.54) is 11.8 Å². The smallest absolute Gasteiger partial charge is 0.230 e. The van der Waals surface area contributed by atoms with Gasteiger partial charge in [0.2, 0.25) is 5.91 Å². The molecule has 4 aromatic rings. The topological polar surface area (TPSA) is 79.8 Å². The van der Waals surface area contributed by atoms with Crippen LogP contribution in [0.1, 0.15) is 5.56 Å². The van der Waals surface area contributed by atoms with Crippen molar-refractivity contribution in [2.75, 3.05) is 11.1 Å². The Morgan fingerprint density at radius 2 is 1.83 bits per heavy atom. The number of hydrogen-bond acceptors (Lipinski definition) is 6. The third-order valence-corrected chi connectivity index (χ3v) is 5.43. The quantitative estimate of drug-likeness (QED) is 0.319. The molecule has 0 aliphatic carbocycles. The SMILES string of the molecule is O=C(CSc1nc(Nc2ccccc2Cl)c2ccccc2n1)NCc1cccnc1. The molecule has 0 atom stereocenters. The number of anilines is 2. The number of nitrogens with one attached hydrogen (secondary N) is 2. The van der Waals surface area contributed by atoms with E-state index < -0.39 is 0 Å². The van der Waals surface area contributed by atoms with Gasteiger partial charge in [0.1, 0.15) is 5.82 Å². The van der Waals surface area contributed by atoms with Gasteiger partial charge in [-0.1, -0.05) is 53.7 Å². The lowest BCUT2D eigenvalue weighted by Gasteiger charge is -2.12. The van der Waals surface area contributed by atoms with E-state index in [2.05, 4.69) is 25.6 Å². The predicted molar refractivity (Wildman–Crippen MR) is 121 cm³/mol. The van der Waals surface area contributed by atoms with Gasteiger partial charge in [0.15, 0.2) is 5.16 Å². The number of amides is 1. The van der Waals surface area contributed by atoms with Gasteiger partial charge in [-0.2, -0.15) is 0 Å². The highest BCUT2D eigenvalue weighted by Crippen LogP contribution is 2.29. The molecule has 0 fully saturated rings. The lowest BCUT2D eigenvalue weighted by Crippen LogP contribution is -2.24. The normalized spacial score (nSPS) is 10.7. The Labute approximate surface area is 183 Å². The fourth-order valence-corrected chi connectivity index (χ4v) is 3.65. The van der Waals surface area contributed by atoms with E-state index in [0.29, 0.717) is 22.5 Å². The fraction of sp³-hybridized carbons (Fsp3) is 0.0909. The number of para-hydroxylation sites is 2. The average Bonchev–Trinajstić information content (AvgIpc) is 2.78. The van der Waals surface area contributed by atoms with Crippen molar-refractivity contribution < 1.29 is 4.79 Å². The number of aromatic nitrogens is 3. The standard InChI is InChI=1S/C22H18ClN5OS/c23-17-8-2-4-10-19(17)26-21-16-7-1-3-9-18(16)27-22(28-21)30-14-20(29)25-13-15-6-5-11-24-12-15/h1-12H,13-14H2,(H,25,29)(H,26,27,28). The Morgan fingerprint density at radius 3 is 2.67 bits per heavy atom. The fourth-order valence-electron chi connectivity index (χ4n) is 2.79. The summed E-state index contributed by atoms with van der Waals surface area (Å²) in [4.78, 5) is 25.5. The van der Waals surface area contributed by atoms with Crippen LogP contribution in [0.4, 0.5) is 11.5 Å². The van der Waals surface area contributed by atoms with E-state index >= 15 is 0 Å². The zero-order valence-electron chi connectivity index (χ0n) is 15.9. The molecule has 0 saturated heterocycles. The molecule has 30 heavy (non-hydrogen) atoms. The minimum Gasteiger partial charge on any atom is -0.351 e. The summed E-state index contributed by atoms with van der Waals surface area (Å²) in [5.41, 5.74) is 2.50. The highest BCUT2D eigenvalue weighted by atomic mass is 35.5. The van der Waals surface area contributed by atoms with Gasteiger partial charge in [0.05, 0.1) is 22.0 Å². The first-order valence-electron chi connectivity index (χ1n) is 9.26. The molecule has 0 spiro atoms. The highest BCUT2D eigenvalue weighted by molar-refractivity contribution is 7.99. The highest BCUT2D eigenvalue weighted by Gasteiger charge is 2.11. The molecule has 0 bridgehead atoms. The molecule has 150 valence electrons. The summed E-state index contributed by atoms with van der Waals surface area (Å²) < 4.78 is 0. The van der Waals surface area contributed by atoms with Gasteiger partial charge in [-0.3, -0.25) is 9.78 Å². The number of pyridine rings is 1. The van der Waals surface area contributed by atoms with Crippen molar-refractivity contribution in [1.82, 2.24) is 20.3 Å². The molecule has 6 nitrogen and oxygen atoms in total. The maximum absolute atomic E-state index is 12.2. The maximum Gasteiger partial charge on any atom is 0.230 e. The monoisotopic (exact) mass is 435 g/mol. The third-order valence-electron chi connectivity index (χ3n) is 4.25. The van der Waals surface area contributed by atoms with Gasteiger partial charge < -0.3 is 10.6 Å². The minimum atomic E-state index is -0.0961. The van der Waals surface area contributed by atoms with Crippen molar-refractivity contribution in [1.29, 1.82) is 0 Å². The van der Waals surface area contributed by atoms with Crippen molar-refractivity contribution >= 4 is 51.7 Å². The second kappa shape index (κ2) is 9.56. The summed E-state index contributed by atoms with van der Waals surface area (Å²) in [5.74, 6) is 0.762. The molecule has 0 radical (unpaired) electrons. The average molecular weight is 436 g/mol. The number of halogens is 1. The van der Waals surface area contributed by atoms with Crippen molar-refractivity contribution in [2.24, 2.45) is 0 Å². The number of rotatable bonds is 7. The second-order valence-electron chi connectivity index (χ2n) is 6.40. The van der Waals surface area contributed by atoms with E-state index in [4.69, 9.17) is 11.6 Å². The first kappa shape index (κ1) is 20.1. The number of hydrogen-bond donors (Lipinski definition) is 2. The summed E-state index contributed by atoms with van der Waals surface area (Å²) in [6.07, 6.45) is 3.43. The predicted octanol–water partition coefficient (Wildman–Crippen LogP) is 4.83. The summed E-state index contributed by atoms with van der Waals surface area (Å²) >= 11 is 7.57. The maximum atomic E-state index is 12.2. The second-order valence-corrected chi connectivity index (χ2v) is 7.75. The molecular weight excluding hydrogens is 418 g/mol.